The summed E-state index contributed by atoms with van der Waals surface area (Å²) in [6, 6.07) is 8.72. The van der Waals surface area contributed by atoms with Gasteiger partial charge in [0.05, 0.1) is 19.3 Å². The van der Waals surface area contributed by atoms with Crippen LogP contribution in [-0.4, -0.2) is 30.7 Å². The molecule has 0 spiro atoms. The standard InChI is InChI=1S/C18H20N2O4/c1-20-10-14(4-6-17(20)21)18(22)19-9-12-7-13-3-5-15(23-2)8-16(13)24-11-12/h3-6,8,10,12H,7,9,11H2,1-2H3,(H,19,22)/t12-/m1/s1. The minimum absolute atomic E-state index is 0.140. The number of nitrogens with one attached hydrogen (secondary N) is 1. The Morgan fingerprint density at radius 3 is 2.96 bits per heavy atom. The summed E-state index contributed by atoms with van der Waals surface area (Å²) < 4.78 is 12.4. The van der Waals surface area contributed by atoms with Crippen LogP contribution in [0, 0.1) is 5.92 Å². The number of ether oxygens (including phenoxy) is 2. The second-order valence-corrected chi connectivity index (χ2v) is 5.93. The summed E-state index contributed by atoms with van der Waals surface area (Å²) in [5.41, 5.74) is 1.45. The first kappa shape index (κ1) is 16.1. The van der Waals surface area contributed by atoms with Gasteiger partial charge >= 0.3 is 0 Å². The molecular formula is C18H20N2O4. The van der Waals surface area contributed by atoms with E-state index in [1.165, 1.54) is 22.9 Å². The molecule has 1 aliphatic rings. The third-order valence-corrected chi connectivity index (χ3v) is 4.16. The van der Waals surface area contributed by atoms with E-state index in [0.29, 0.717) is 18.7 Å². The smallest absolute Gasteiger partial charge is 0.252 e. The number of carbonyl (C=O) groups excluding carboxylic acids is 1. The monoisotopic (exact) mass is 328 g/mol. The highest BCUT2D eigenvalue weighted by atomic mass is 16.5. The number of nitrogens with zero attached hydrogens (tertiary/aromatic N) is 1. The number of amides is 1. The van der Waals surface area contributed by atoms with Crippen molar-refractivity contribution >= 4 is 5.91 Å². The highest BCUT2D eigenvalue weighted by molar-refractivity contribution is 5.93. The predicted molar refractivity (Wildman–Crippen MR) is 89.7 cm³/mol. The number of fused-ring (bicyclic) bond motifs is 1. The average Bonchev–Trinajstić information content (AvgIpc) is 2.61. The van der Waals surface area contributed by atoms with Gasteiger partial charge in [0.1, 0.15) is 11.5 Å². The minimum atomic E-state index is -0.189. The van der Waals surface area contributed by atoms with Crippen LogP contribution in [0.25, 0.3) is 0 Å². The van der Waals surface area contributed by atoms with Crippen molar-refractivity contribution in [1.82, 2.24) is 9.88 Å². The Bertz CT molecular complexity index is 813. The van der Waals surface area contributed by atoms with Crippen molar-refractivity contribution in [3.05, 3.63) is 58.0 Å². The van der Waals surface area contributed by atoms with Crippen molar-refractivity contribution in [2.75, 3.05) is 20.3 Å². The fourth-order valence-electron chi connectivity index (χ4n) is 2.74. The van der Waals surface area contributed by atoms with E-state index in [-0.39, 0.29) is 17.4 Å². The molecule has 6 heteroatoms. The number of hydrogen-bond acceptors (Lipinski definition) is 4. The zero-order valence-corrected chi connectivity index (χ0v) is 13.7. The quantitative estimate of drug-likeness (QED) is 0.920. The predicted octanol–water partition coefficient (Wildman–Crippen LogP) is 1.37. The van der Waals surface area contributed by atoms with E-state index in [9.17, 15) is 9.59 Å². The van der Waals surface area contributed by atoms with Crippen LogP contribution in [-0.2, 0) is 13.5 Å². The van der Waals surface area contributed by atoms with Gasteiger partial charge in [-0.25, -0.2) is 0 Å². The first-order valence-electron chi connectivity index (χ1n) is 7.81. The lowest BCUT2D eigenvalue weighted by Gasteiger charge is -2.25. The maximum atomic E-state index is 12.2. The fourth-order valence-corrected chi connectivity index (χ4v) is 2.74. The Hall–Kier alpha value is -2.76. The summed E-state index contributed by atoms with van der Waals surface area (Å²) in [5.74, 6) is 1.64. The Labute approximate surface area is 140 Å². The highest BCUT2D eigenvalue weighted by Gasteiger charge is 2.21. The number of aryl methyl sites for hydroxylation is 1. The molecule has 6 nitrogen and oxygen atoms in total. The molecule has 1 aromatic heterocycles. The third kappa shape index (κ3) is 3.42. The number of carbonyl (C=O) groups is 1. The van der Waals surface area contributed by atoms with E-state index in [1.54, 1.807) is 14.2 Å². The zero-order chi connectivity index (χ0) is 17.1. The summed E-state index contributed by atoms with van der Waals surface area (Å²) in [6.07, 6.45) is 2.38. The zero-order valence-electron chi connectivity index (χ0n) is 13.7. The molecule has 0 bridgehead atoms. The molecule has 1 atom stereocenters. The van der Waals surface area contributed by atoms with Gasteiger partial charge in [-0.1, -0.05) is 6.07 Å². The number of methoxy groups -OCH3 is 1. The number of pyridine rings is 1. The molecule has 1 aliphatic heterocycles. The lowest BCUT2D eigenvalue weighted by Crippen LogP contribution is -2.35. The molecule has 2 aromatic rings. The van der Waals surface area contributed by atoms with Gasteiger partial charge in [-0.15, -0.1) is 0 Å². The molecule has 0 saturated carbocycles. The normalized spacial score (nSPS) is 16.0. The lowest BCUT2D eigenvalue weighted by molar-refractivity contribution is 0.0938. The molecule has 0 unspecified atom stereocenters. The number of rotatable bonds is 4. The maximum absolute atomic E-state index is 12.2. The fraction of sp³-hybridized carbons (Fsp3) is 0.333. The molecule has 0 aliphatic carbocycles. The van der Waals surface area contributed by atoms with Crippen LogP contribution in [0.4, 0.5) is 0 Å². The van der Waals surface area contributed by atoms with Crippen molar-refractivity contribution in [3.8, 4) is 11.5 Å². The molecule has 2 heterocycles. The summed E-state index contributed by atoms with van der Waals surface area (Å²) in [4.78, 5) is 23.6. The topological polar surface area (TPSA) is 69.6 Å². The minimum Gasteiger partial charge on any atom is -0.497 e. The molecule has 0 saturated heterocycles. The molecule has 0 radical (unpaired) electrons. The van der Waals surface area contributed by atoms with Crippen molar-refractivity contribution in [2.45, 2.75) is 6.42 Å². The first-order chi connectivity index (χ1) is 11.6. The summed E-state index contributed by atoms with van der Waals surface area (Å²) in [7, 11) is 3.25. The number of benzene rings is 1. The van der Waals surface area contributed by atoms with Gasteiger partial charge in [0.25, 0.3) is 5.91 Å². The number of aromatic nitrogens is 1. The van der Waals surface area contributed by atoms with Crippen LogP contribution in [0.3, 0.4) is 0 Å². The summed E-state index contributed by atoms with van der Waals surface area (Å²) >= 11 is 0. The van der Waals surface area contributed by atoms with Gasteiger partial charge in [0, 0.05) is 37.8 Å². The van der Waals surface area contributed by atoms with Crippen LogP contribution in [0.1, 0.15) is 15.9 Å². The van der Waals surface area contributed by atoms with Gasteiger partial charge in [0.15, 0.2) is 0 Å². The van der Waals surface area contributed by atoms with Crippen LogP contribution < -0.4 is 20.3 Å². The number of hydrogen-bond donors (Lipinski definition) is 1. The Morgan fingerprint density at radius 2 is 2.21 bits per heavy atom. The van der Waals surface area contributed by atoms with E-state index >= 15 is 0 Å². The summed E-state index contributed by atoms with van der Waals surface area (Å²) in [6.45, 7) is 1.07. The van der Waals surface area contributed by atoms with Crippen LogP contribution in [0.15, 0.2) is 41.3 Å². The average molecular weight is 328 g/mol. The Kier molecular flexibility index (Phi) is 4.55. The van der Waals surface area contributed by atoms with Gasteiger partial charge in [0.2, 0.25) is 5.56 Å². The van der Waals surface area contributed by atoms with Gasteiger partial charge in [-0.2, -0.15) is 0 Å². The highest BCUT2D eigenvalue weighted by Crippen LogP contribution is 2.30. The lowest BCUT2D eigenvalue weighted by atomic mass is 9.96. The van der Waals surface area contributed by atoms with Crippen molar-refractivity contribution in [3.63, 3.8) is 0 Å². The Balaban J connectivity index is 1.60. The molecular weight excluding hydrogens is 308 g/mol. The van der Waals surface area contributed by atoms with E-state index in [0.717, 1.165) is 23.5 Å². The second kappa shape index (κ2) is 6.78. The molecule has 1 N–H and O–H groups in total. The molecule has 24 heavy (non-hydrogen) atoms. The van der Waals surface area contributed by atoms with E-state index in [4.69, 9.17) is 9.47 Å². The molecule has 1 amide bonds. The van der Waals surface area contributed by atoms with E-state index in [2.05, 4.69) is 5.32 Å². The molecule has 0 fully saturated rings. The second-order valence-electron chi connectivity index (χ2n) is 5.93. The van der Waals surface area contributed by atoms with E-state index < -0.39 is 0 Å². The van der Waals surface area contributed by atoms with Crippen LogP contribution >= 0.6 is 0 Å². The molecule has 1 aromatic carbocycles. The Morgan fingerprint density at radius 1 is 1.38 bits per heavy atom. The molecule has 126 valence electrons. The SMILES string of the molecule is COc1ccc2c(c1)OC[C@@H](CNC(=O)c1ccc(=O)n(C)c1)C2. The first-order valence-corrected chi connectivity index (χ1v) is 7.81. The van der Waals surface area contributed by atoms with Gasteiger partial charge in [-0.3, -0.25) is 9.59 Å². The maximum Gasteiger partial charge on any atom is 0.252 e. The largest absolute Gasteiger partial charge is 0.497 e. The van der Waals surface area contributed by atoms with Gasteiger partial charge in [-0.05, 0) is 24.1 Å². The van der Waals surface area contributed by atoms with Crippen molar-refractivity contribution < 1.29 is 14.3 Å². The summed E-state index contributed by atoms with van der Waals surface area (Å²) in [5, 5.41) is 2.91. The van der Waals surface area contributed by atoms with Crippen LogP contribution in [0.2, 0.25) is 0 Å². The van der Waals surface area contributed by atoms with Crippen molar-refractivity contribution in [1.29, 1.82) is 0 Å². The van der Waals surface area contributed by atoms with Crippen LogP contribution in [0.5, 0.6) is 11.5 Å². The third-order valence-electron chi connectivity index (χ3n) is 4.16. The van der Waals surface area contributed by atoms with Crippen molar-refractivity contribution in [2.24, 2.45) is 13.0 Å². The molecule has 3 rings (SSSR count). The van der Waals surface area contributed by atoms with E-state index in [1.807, 2.05) is 18.2 Å². The van der Waals surface area contributed by atoms with Gasteiger partial charge < -0.3 is 19.4 Å².